The van der Waals surface area contributed by atoms with Crippen molar-refractivity contribution in [2.24, 2.45) is 0 Å². The molecule has 0 bridgehead atoms. The molecule has 5 nitrogen and oxygen atoms in total. The Morgan fingerprint density at radius 1 is 1.00 bits per heavy atom. The minimum absolute atomic E-state index is 0.376. The van der Waals surface area contributed by atoms with E-state index in [9.17, 15) is 22.8 Å². The molecule has 144 valence electrons. The van der Waals surface area contributed by atoms with E-state index in [1.807, 2.05) is 6.07 Å². The van der Waals surface area contributed by atoms with Gasteiger partial charge in [-0.05, 0) is 25.1 Å². The summed E-state index contributed by atoms with van der Waals surface area (Å²) in [7, 11) is 0. The third-order valence-electron chi connectivity index (χ3n) is 4.13. The van der Waals surface area contributed by atoms with Gasteiger partial charge in [-0.1, -0.05) is 42.5 Å². The van der Waals surface area contributed by atoms with Crippen molar-refractivity contribution in [3.63, 3.8) is 0 Å². The van der Waals surface area contributed by atoms with Gasteiger partial charge < -0.3 is 5.32 Å². The zero-order valence-electron chi connectivity index (χ0n) is 14.8. The molecule has 0 unspecified atom stereocenters. The van der Waals surface area contributed by atoms with Crippen LogP contribution < -0.4 is 10.9 Å². The van der Waals surface area contributed by atoms with Crippen molar-refractivity contribution in [2.45, 2.75) is 19.1 Å². The maximum atomic E-state index is 13.1. The van der Waals surface area contributed by atoms with Crippen LogP contribution >= 0.6 is 0 Å². The van der Waals surface area contributed by atoms with Crippen molar-refractivity contribution in [2.75, 3.05) is 5.32 Å². The fourth-order valence-corrected chi connectivity index (χ4v) is 2.65. The molecule has 1 atom stereocenters. The maximum Gasteiger partial charge on any atom is 0.418 e. The second-order valence-corrected chi connectivity index (χ2v) is 6.08. The lowest BCUT2D eigenvalue weighted by Gasteiger charge is -2.17. The highest BCUT2D eigenvalue weighted by Crippen LogP contribution is 2.34. The average molecular weight is 387 g/mol. The summed E-state index contributed by atoms with van der Waals surface area (Å²) in [5.74, 6) is -0.781. The highest BCUT2D eigenvalue weighted by Gasteiger charge is 2.34. The Kier molecular flexibility index (Phi) is 5.30. The normalized spacial score (nSPS) is 12.4. The van der Waals surface area contributed by atoms with E-state index in [0.717, 1.165) is 22.4 Å². The van der Waals surface area contributed by atoms with Gasteiger partial charge in [0.1, 0.15) is 6.04 Å². The molecule has 0 saturated carbocycles. The fraction of sp³-hybridized carbons (Fsp3) is 0.150. The lowest BCUT2D eigenvalue weighted by molar-refractivity contribution is -0.137. The fourth-order valence-electron chi connectivity index (χ4n) is 2.65. The molecule has 0 aliphatic carbocycles. The monoisotopic (exact) mass is 387 g/mol. The molecule has 0 aliphatic rings. The number of carbonyl (C=O) groups is 1. The Morgan fingerprint density at radius 3 is 2.32 bits per heavy atom. The van der Waals surface area contributed by atoms with Gasteiger partial charge in [-0.2, -0.15) is 18.3 Å². The largest absolute Gasteiger partial charge is 0.418 e. The van der Waals surface area contributed by atoms with E-state index in [4.69, 9.17) is 0 Å². The first-order valence-electron chi connectivity index (χ1n) is 8.40. The van der Waals surface area contributed by atoms with Gasteiger partial charge in [0.15, 0.2) is 0 Å². The van der Waals surface area contributed by atoms with Gasteiger partial charge in [-0.25, -0.2) is 4.68 Å². The minimum atomic E-state index is -4.62. The summed E-state index contributed by atoms with van der Waals surface area (Å²) in [6, 6.07) is 15.3. The molecule has 1 heterocycles. The highest BCUT2D eigenvalue weighted by atomic mass is 19.4. The summed E-state index contributed by atoms with van der Waals surface area (Å²) in [5, 5.41) is 6.44. The number of amides is 1. The minimum Gasteiger partial charge on any atom is -0.324 e. The number of anilines is 1. The van der Waals surface area contributed by atoms with Crippen LogP contribution in [0.5, 0.6) is 0 Å². The van der Waals surface area contributed by atoms with Crippen LogP contribution in [0.1, 0.15) is 18.5 Å². The summed E-state index contributed by atoms with van der Waals surface area (Å²) in [6.07, 6.45) is -4.62. The van der Waals surface area contributed by atoms with E-state index in [1.54, 1.807) is 24.3 Å². The predicted octanol–water partition coefficient (Wildman–Crippen LogP) is 4.13. The summed E-state index contributed by atoms with van der Waals surface area (Å²) >= 11 is 0. The number of alkyl halides is 3. The zero-order valence-corrected chi connectivity index (χ0v) is 14.8. The van der Waals surface area contributed by atoms with Crippen molar-refractivity contribution < 1.29 is 18.0 Å². The molecule has 1 aromatic heterocycles. The molecule has 0 aliphatic heterocycles. The molecule has 0 fully saturated rings. The number of nitrogens with one attached hydrogen (secondary N) is 1. The number of para-hydroxylation sites is 1. The highest BCUT2D eigenvalue weighted by molar-refractivity contribution is 5.94. The Labute approximate surface area is 158 Å². The van der Waals surface area contributed by atoms with E-state index < -0.39 is 29.2 Å². The number of benzene rings is 2. The summed E-state index contributed by atoms with van der Waals surface area (Å²) in [6.45, 7) is 1.40. The SMILES string of the molecule is C[C@H](C(=O)Nc1ccccc1C(F)(F)F)n1nc(-c2ccccc2)ccc1=O. The van der Waals surface area contributed by atoms with E-state index in [0.29, 0.717) is 5.69 Å². The molecule has 3 rings (SSSR count). The number of hydrogen-bond acceptors (Lipinski definition) is 3. The van der Waals surface area contributed by atoms with E-state index in [-0.39, 0.29) is 5.69 Å². The van der Waals surface area contributed by atoms with Gasteiger partial charge in [0, 0.05) is 11.6 Å². The van der Waals surface area contributed by atoms with Gasteiger partial charge >= 0.3 is 6.18 Å². The summed E-state index contributed by atoms with van der Waals surface area (Å²) < 4.78 is 40.3. The third kappa shape index (κ3) is 4.11. The Balaban J connectivity index is 1.90. The first-order valence-corrected chi connectivity index (χ1v) is 8.40. The van der Waals surface area contributed by atoms with E-state index in [2.05, 4.69) is 10.4 Å². The molecule has 28 heavy (non-hydrogen) atoms. The molecule has 0 spiro atoms. The average Bonchev–Trinajstić information content (AvgIpc) is 2.68. The first-order chi connectivity index (χ1) is 13.3. The molecule has 1 amide bonds. The molecular formula is C20H16F3N3O2. The van der Waals surface area contributed by atoms with Gasteiger partial charge in [-0.3, -0.25) is 9.59 Å². The van der Waals surface area contributed by atoms with Crippen molar-refractivity contribution in [1.82, 2.24) is 9.78 Å². The Bertz CT molecular complexity index is 1050. The Morgan fingerprint density at radius 2 is 1.64 bits per heavy atom. The topological polar surface area (TPSA) is 64.0 Å². The zero-order chi connectivity index (χ0) is 20.3. The summed E-state index contributed by atoms with van der Waals surface area (Å²) in [5.41, 5.74) is -0.666. The Hall–Kier alpha value is -3.42. The van der Waals surface area contributed by atoms with Crippen LogP contribution in [0.25, 0.3) is 11.3 Å². The molecule has 8 heteroatoms. The molecule has 0 saturated heterocycles. The number of rotatable bonds is 4. The van der Waals surface area contributed by atoms with Gasteiger partial charge in [0.2, 0.25) is 5.91 Å². The van der Waals surface area contributed by atoms with Crippen LogP contribution in [0, 0.1) is 0 Å². The lowest BCUT2D eigenvalue weighted by atomic mass is 10.1. The molecule has 2 aromatic carbocycles. The number of carbonyl (C=O) groups excluding carboxylic acids is 1. The number of hydrogen-bond donors (Lipinski definition) is 1. The maximum absolute atomic E-state index is 13.1. The van der Waals surface area contributed by atoms with E-state index >= 15 is 0 Å². The van der Waals surface area contributed by atoms with Crippen LogP contribution in [0.2, 0.25) is 0 Å². The third-order valence-corrected chi connectivity index (χ3v) is 4.13. The van der Waals surface area contributed by atoms with Crippen molar-refractivity contribution >= 4 is 11.6 Å². The van der Waals surface area contributed by atoms with Crippen LogP contribution in [0.3, 0.4) is 0 Å². The second kappa shape index (κ2) is 7.67. The molecule has 3 aromatic rings. The van der Waals surface area contributed by atoms with Crippen molar-refractivity contribution in [3.05, 3.63) is 82.6 Å². The van der Waals surface area contributed by atoms with Gasteiger partial charge in [0.05, 0.1) is 16.9 Å². The second-order valence-electron chi connectivity index (χ2n) is 6.08. The molecule has 0 radical (unpaired) electrons. The smallest absolute Gasteiger partial charge is 0.324 e. The van der Waals surface area contributed by atoms with Gasteiger partial charge in [0.25, 0.3) is 5.56 Å². The van der Waals surface area contributed by atoms with Crippen LogP contribution in [-0.2, 0) is 11.0 Å². The van der Waals surface area contributed by atoms with Crippen LogP contribution in [0.4, 0.5) is 18.9 Å². The molecular weight excluding hydrogens is 371 g/mol. The molecule has 1 N–H and O–H groups in total. The van der Waals surface area contributed by atoms with Crippen molar-refractivity contribution in [1.29, 1.82) is 0 Å². The number of aromatic nitrogens is 2. The van der Waals surface area contributed by atoms with Crippen LogP contribution in [0.15, 0.2) is 71.5 Å². The lowest BCUT2D eigenvalue weighted by Crippen LogP contribution is -2.33. The quantitative estimate of drug-likeness (QED) is 0.732. The van der Waals surface area contributed by atoms with E-state index in [1.165, 1.54) is 31.2 Å². The number of nitrogens with zero attached hydrogens (tertiary/aromatic N) is 2. The predicted molar refractivity (Wildman–Crippen MR) is 98.7 cm³/mol. The standard InChI is InChI=1S/C20H16F3N3O2/c1-13(19(28)24-17-10-6-5-9-15(17)20(21,22)23)26-18(27)12-11-16(25-26)14-7-3-2-4-8-14/h2-13H,1H3,(H,24,28)/t13-/m1/s1. The van der Waals surface area contributed by atoms with Gasteiger partial charge in [-0.15, -0.1) is 0 Å². The number of halogens is 3. The first kappa shape index (κ1) is 19.3. The van der Waals surface area contributed by atoms with Crippen LogP contribution in [-0.4, -0.2) is 15.7 Å². The van der Waals surface area contributed by atoms with Crippen molar-refractivity contribution in [3.8, 4) is 11.3 Å². The summed E-state index contributed by atoms with van der Waals surface area (Å²) in [4.78, 5) is 24.7.